The summed E-state index contributed by atoms with van der Waals surface area (Å²) in [5, 5.41) is 0. The standard InChI is InChI=1S/C12H18N2O/c1-9(2)8-12(14-13)10-4-6-11(15-3)7-5-10/h4-8,12,14H,13H2,1-3H3. The van der Waals surface area contributed by atoms with Gasteiger partial charge in [-0.1, -0.05) is 23.8 Å². The molecule has 3 N–H and O–H groups in total. The highest BCUT2D eigenvalue weighted by molar-refractivity contribution is 5.31. The molecule has 0 bridgehead atoms. The number of hydrogen-bond acceptors (Lipinski definition) is 3. The van der Waals surface area contributed by atoms with Gasteiger partial charge in [-0.2, -0.15) is 0 Å². The summed E-state index contributed by atoms with van der Waals surface area (Å²) in [5.41, 5.74) is 5.12. The van der Waals surface area contributed by atoms with Gasteiger partial charge < -0.3 is 4.74 Å². The quantitative estimate of drug-likeness (QED) is 0.451. The number of ether oxygens (including phenoxy) is 1. The molecule has 0 saturated heterocycles. The molecule has 0 amide bonds. The molecule has 0 saturated carbocycles. The second-order valence-corrected chi connectivity index (χ2v) is 3.66. The van der Waals surface area contributed by atoms with Gasteiger partial charge in [0.1, 0.15) is 5.75 Å². The molecule has 82 valence electrons. The number of nitrogens with two attached hydrogens (primary N) is 1. The van der Waals surface area contributed by atoms with E-state index in [0.29, 0.717) is 0 Å². The second kappa shape index (κ2) is 5.53. The highest BCUT2D eigenvalue weighted by atomic mass is 16.5. The van der Waals surface area contributed by atoms with Crippen LogP contribution in [0.1, 0.15) is 25.5 Å². The molecule has 0 radical (unpaired) electrons. The van der Waals surface area contributed by atoms with Crippen molar-refractivity contribution in [2.45, 2.75) is 19.9 Å². The first kappa shape index (κ1) is 11.8. The van der Waals surface area contributed by atoms with Crippen molar-refractivity contribution in [2.75, 3.05) is 7.11 Å². The van der Waals surface area contributed by atoms with Crippen molar-refractivity contribution in [3.63, 3.8) is 0 Å². The summed E-state index contributed by atoms with van der Waals surface area (Å²) >= 11 is 0. The molecule has 0 heterocycles. The van der Waals surface area contributed by atoms with E-state index >= 15 is 0 Å². The molecule has 15 heavy (non-hydrogen) atoms. The third-order valence-electron chi connectivity index (χ3n) is 2.15. The largest absolute Gasteiger partial charge is 0.497 e. The number of benzene rings is 1. The predicted molar refractivity (Wildman–Crippen MR) is 62.5 cm³/mol. The fraction of sp³-hybridized carbons (Fsp3) is 0.333. The minimum atomic E-state index is 0.0564. The van der Waals surface area contributed by atoms with Gasteiger partial charge in [0.05, 0.1) is 13.2 Å². The lowest BCUT2D eigenvalue weighted by Crippen LogP contribution is -2.26. The minimum absolute atomic E-state index is 0.0564. The van der Waals surface area contributed by atoms with Crippen LogP contribution in [0.3, 0.4) is 0 Å². The molecular weight excluding hydrogens is 188 g/mol. The Bertz CT molecular complexity index is 326. The highest BCUT2D eigenvalue weighted by Gasteiger charge is 2.05. The predicted octanol–water partition coefficient (Wildman–Crippen LogP) is 2.17. The van der Waals surface area contributed by atoms with E-state index in [2.05, 4.69) is 11.5 Å². The number of allylic oxidation sites excluding steroid dienone is 1. The van der Waals surface area contributed by atoms with Crippen LogP contribution in [0.4, 0.5) is 0 Å². The Morgan fingerprint density at radius 2 is 1.93 bits per heavy atom. The van der Waals surface area contributed by atoms with Crippen molar-refractivity contribution in [2.24, 2.45) is 5.84 Å². The van der Waals surface area contributed by atoms with Crippen molar-refractivity contribution in [3.8, 4) is 5.75 Å². The smallest absolute Gasteiger partial charge is 0.118 e. The summed E-state index contributed by atoms with van der Waals surface area (Å²) in [7, 11) is 1.66. The summed E-state index contributed by atoms with van der Waals surface area (Å²) in [6.45, 7) is 4.10. The van der Waals surface area contributed by atoms with E-state index in [1.165, 1.54) is 5.57 Å². The molecule has 0 aliphatic rings. The maximum absolute atomic E-state index is 5.50. The van der Waals surface area contributed by atoms with E-state index in [4.69, 9.17) is 10.6 Å². The lowest BCUT2D eigenvalue weighted by atomic mass is 10.1. The van der Waals surface area contributed by atoms with Crippen molar-refractivity contribution in [1.82, 2.24) is 5.43 Å². The van der Waals surface area contributed by atoms with Crippen LogP contribution in [0.15, 0.2) is 35.9 Å². The maximum Gasteiger partial charge on any atom is 0.118 e. The van der Waals surface area contributed by atoms with Gasteiger partial charge in [-0.15, -0.1) is 0 Å². The Labute approximate surface area is 90.9 Å². The van der Waals surface area contributed by atoms with Crippen LogP contribution in [-0.4, -0.2) is 7.11 Å². The van der Waals surface area contributed by atoms with E-state index in [1.54, 1.807) is 7.11 Å². The summed E-state index contributed by atoms with van der Waals surface area (Å²) in [5.74, 6) is 6.35. The van der Waals surface area contributed by atoms with E-state index in [0.717, 1.165) is 11.3 Å². The Morgan fingerprint density at radius 1 is 1.33 bits per heavy atom. The average Bonchev–Trinajstić information content (AvgIpc) is 2.26. The summed E-state index contributed by atoms with van der Waals surface area (Å²) in [4.78, 5) is 0. The normalized spacial score (nSPS) is 12.0. The van der Waals surface area contributed by atoms with Gasteiger partial charge in [0.25, 0.3) is 0 Å². The molecule has 1 aromatic rings. The topological polar surface area (TPSA) is 47.3 Å². The van der Waals surface area contributed by atoms with Gasteiger partial charge in [0.2, 0.25) is 0 Å². The second-order valence-electron chi connectivity index (χ2n) is 3.66. The average molecular weight is 206 g/mol. The van der Waals surface area contributed by atoms with Crippen LogP contribution in [0.5, 0.6) is 5.75 Å². The number of rotatable bonds is 4. The number of hydrazine groups is 1. The molecule has 1 aromatic carbocycles. The zero-order chi connectivity index (χ0) is 11.3. The van der Waals surface area contributed by atoms with Gasteiger partial charge in [-0.25, -0.2) is 5.43 Å². The van der Waals surface area contributed by atoms with Crippen LogP contribution in [0, 0.1) is 0 Å². The van der Waals surface area contributed by atoms with Crippen LogP contribution >= 0.6 is 0 Å². The van der Waals surface area contributed by atoms with Crippen molar-refractivity contribution >= 4 is 0 Å². The first-order chi connectivity index (χ1) is 7.17. The Morgan fingerprint density at radius 3 is 2.33 bits per heavy atom. The molecule has 3 nitrogen and oxygen atoms in total. The number of hydrogen-bond donors (Lipinski definition) is 2. The fourth-order valence-corrected chi connectivity index (χ4v) is 1.39. The van der Waals surface area contributed by atoms with Crippen LogP contribution in [0.2, 0.25) is 0 Å². The van der Waals surface area contributed by atoms with Crippen LogP contribution in [0.25, 0.3) is 0 Å². The van der Waals surface area contributed by atoms with Gasteiger partial charge in [-0.3, -0.25) is 5.84 Å². The van der Waals surface area contributed by atoms with Gasteiger partial charge in [0, 0.05) is 0 Å². The SMILES string of the molecule is COc1ccc(C(C=C(C)C)NN)cc1. The third-order valence-corrected chi connectivity index (χ3v) is 2.15. The Kier molecular flexibility index (Phi) is 4.34. The van der Waals surface area contributed by atoms with E-state index < -0.39 is 0 Å². The first-order valence-electron chi connectivity index (χ1n) is 4.92. The minimum Gasteiger partial charge on any atom is -0.497 e. The third kappa shape index (κ3) is 3.38. The summed E-state index contributed by atoms with van der Waals surface area (Å²) < 4.78 is 5.10. The molecule has 0 aliphatic heterocycles. The lowest BCUT2D eigenvalue weighted by molar-refractivity contribution is 0.414. The molecule has 0 aliphatic carbocycles. The van der Waals surface area contributed by atoms with Crippen LogP contribution < -0.4 is 16.0 Å². The number of nitrogens with one attached hydrogen (secondary N) is 1. The molecular formula is C12H18N2O. The first-order valence-corrected chi connectivity index (χ1v) is 4.92. The molecule has 1 rings (SSSR count). The fourth-order valence-electron chi connectivity index (χ4n) is 1.39. The van der Waals surface area contributed by atoms with Crippen molar-refractivity contribution in [3.05, 3.63) is 41.5 Å². The molecule has 0 fully saturated rings. The Balaban J connectivity index is 2.88. The van der Waals surface area contributed by atoms with Gasteiger partial charge in [0.15, 0.2) is 0 Å². The number of methoxy groups -OCH3 is 1. The summed E-state index contributed by atoms with van der Waals surface area (Å²) in [6.07, 6.45) is 2.09. The van der Waals surface area contributed by atoms with E-state index in [9.17, 15) is 0 Å². The maximum atomic E-state index is 5.50. The lowest BCUT2D eigenvalue weighted by Gasteiger charge is -2.13. The zero-order valence-corrected chi connectivity index (χ0v) is 9.45. The Hall–Kier alpha value is -1.32. The van der Waals surface area contributed by atoms with Crippen molar-refractivity contribution in [1.29, 1.82) is 0 Å². The van der Waals surface area contributed by atoms with Gasteiger partial charge >= 0.3 is 0 Å². The molecule has 3 heteroatoms. The summed E-state index contributed by atoms with van der Waals surface area (Å²) in [6, 6.07) is 7.92. The van der Waals surface area contributed by atoms with Crippen LogP contribution in [-0.2, 0) is 0 Å². The molecule has 0 spiro atoms. The van der Waals surface area contributed by atoms with E-state index in [1.807, 2.05) is 38.1 Å². The molecule has 0 aromatic heterocycles. The molecule has 1 atom stereocenters. The monoisotopic (exact) mass is 206 g/mol. The zero-order valence-electron chi connectivity index (χ0n) is 9.45. The van der Waals surface area contributed by atoms with Gasteiger partial charge in [-0.05, 0) is 31.5 Å². The van der Waals surface area contributed by atoms with E-state index in [-0.39, 0.29) is 6.04 Å². The highest BCUT2D eigenvalue weighted by Crippen LogP contribution is 2.18. The van der Waals surface area contributed by atoms with Crippen molar-refractivity contribution < 1.29 is 4.74 Å². The molecule has 1 unspecified atom stereocenters.